The SMILES string of the molecule is COC[C@@H](C)NC(=O)[C@@H]1[C@H](C(=O)O)C1(C)C. The molecule has 1 aliphatic carbocycles. The molecule has 0 saturated heterocycles. The average Bonchev–Trinajstić information content (AvgIpc) is 2.69. The van der Waals surface area contributed by atoms with E-state index in [1.807, 2.05) is 6.92 Å². The number of ether oxygens (including phenoxy) is 1. The van der Waals surface area contributed by atoms with E-state index in [0.717, 1.165) is 0 Å². The van der Waals surface area contributed by atoms with Crippen LogP contribution in [0, 0.1) is 17.3 Å². The number of carboxylic acid groups (broad SMARTS) is 1. The molecule has 0 bridgehead atoms. The Morgan fingerprint density at radius 2 is 2.00 bits per heavy atom. The van der Waals surface area contributed by atoms with Gasteiger partial charge in [0.25, 0.3) is 0 Å². The third-order valence-electron chi connectivity index (χ3n) is 3.18. The minimum Gasteiger partial charge on any atom is -0.481 e. The maximum atomic E-state index is 11.8. The number of nitrogens with one attached hydrogen (secondary N) is 1. The highest BCUT2D eigenvalue weighted by molar-refractivity contribution is 5.91. The number of rotatable bonds is 5. The fourth-order valence-corrected chi connectivity index (χ4v) is 2.21. The van der Waals surface area contributed by atoms with Crippen molar-refractivity contribution in [2.45, 2.75) is 26.8 Å². The summed E-state index contributed by atoms with van der Waals surface area (Å²) in [4.78, 5) is 22.7. The lowest BCUT2D eigenvalue weighted by atomic mass is 10.1. The van der Waals surface area contributed by atoms with Crippen LogP contribution in [0.2, 0.25) is 0 Å². The molecular formula is C11H19NO4. The van der Waals surface area contributed by atoms with Crippen LogP contribution in [0.5, 0.6) is 0 Å². The molecule has 5 heteroatoms. The van der Waals surface area contributed by atoms with Crippen molar-refractivity contribution in [1.82, 2.24) is 5.32 Å². The minimum absolute atomic E-state index is 0.0941. The molecule has 1 saturated carbocycles. The number of hydrogen-bond acceptors (Lipinski definition) is 3. The van der Waals surface area contributed by atoms with Gasteiger partial charge in [-0.2, -0.15) is 0 Å². The van der Waals surface area contributed by atoms with Gasteiger partial charge in [0.15, 0.2) is 0 Å². The molecule has 1 amide bonds. The standard InChI is InChI=1S/C11H19NO4/c1-6(5-16-4)12-9(13)7-8(10(14)15)11(7,2)3/h6-8H,5H2,1-4H3,(H,12,13)(H,14,15)/t6-,7+,8-/m1/s1. The zero-order valence-corrected chi connectivity index (χ0v) is 10.1. The van der Waals surface area contributed by atoms with Crippen LogP contribution in [0.3, 0.4) is 0 Å². The fourth-order valence-electron chi connectivity index (χ4n) is 2.21. The number of carbonyl (C=O) groups is 2. The van der Waals surface area contributed by atoms with Crippen molar-refractivity contribution in [3.05, 3.63) is 0 Å². The number of carbonyl (C=O) groups excluding carboxylic acids is 1. The number of amides is 1. The second-order valence-corrected chi connectivity index (χ2v) is 4.98. The summed E-state index contributed by atoms with van der Waals surface area (Å²) in [6.07, 6.45) is 0. The average molecular weight is 229 g/mol. The van der Waals surface area contributed by atoms with Crippen LogP contribution >= 0.6 is 0 Å². The summed E-state index contributed by atoms with van der Waals surface area (Å²) in [5.41, 5.74) is -0.442. The molecule has 0 spiro atoms. The van der Waals surface area contributed by atoms with Crippen molar-refractivity contribution >= 4 is 11.9 Å². The van der Waals surface area contributed by atoms with Gasteiger partial charge in [0, 0.05) is 13.2 Å². The van der Waals surface area contributed by atoms with E-state index >= 15 is 0 Å². The molecule has 0 aromatic carbocycles. The quantitative estimate of drug-likeness (QED) is 0.719. The van der Waals surface area contributed by atoms with E-state index in [9.17, 15) is 9.59 Å². The zero-order chi connectivity index (χ0) is 12.5. The lowest BCUT2D eigenvalue weighted by molar-refractivity contribution is -0.140. The van der Waals surface area contributed by atoms with Gasteiger partial charge in [0.05, 0.1) is 18.4 Å². The van der Waals surface area contributed by atoms with E-state index in [1.54, 1.807) is 21.0 Å². The molecule has 1 aliphatic rings. The van der Waals surface area contributed by atoms with Crippen molar-refractivity contribution in [3.63, 3.8) is 0 Å². The summed E-state index contributed by atoms with van der Waals surface area (Å²) < 4.78 is 4.90. The van der Waals surface area contributed by atoms with Gasteiger partial charge in [0.2, 0.25) is 5.91 Å². The summed E-state index contributed by atoms with van der Waals surface area (Å²) in [5.74, 6) is -2.09. The lowest BCUT2D eigenvalue weighted by Gasteiger charge is -2.13. The first-order chi connectivity index (χ1) is 7.32. The van der Waals surface area contributed by atoms with Crippen molar-refractivity contribution in [2.75, 3.05) is 13.7 Å². The van der Waals surface area contributed by atoms with E-state index in [4.69, 9.17) is 9.84 Å². The molecule has 1 rings (SSSR count). The molecule has 1 fully saturated rings. The first kappa shape index (κ1) is 13.0. The molecule has 0 heterocycles. The van der Waals surface area contributed by atoms with E-state index in [-0.39, 0.29) is 11.9 Å². The fraction of sp³-hybridized carbons (Fsp3) is 0.818. The van der Waals surface area contributed by atoms with E-state index in [1.165, 1.54) is 0 Å². The van der Waals surface area contributed by atoms with Crippen molar-refractivity contribution in [1.29, 1.82) is 0 Å². The largest absolute Gasteiger partial charge is 0.481 e. The Hall–Kier alpha value is -1.10. The highest BCUT2D eigenvalue weighted by Crippen LogP contribution is 2.58. The summed E-state index contributed by atoms with van der Waals surface area (Å²) in [6, 6.07) is -0.0941. The van der Waals surface area contributed by atoms with Crippen molar-refractivity contribution in [3.8, 4) is 0 Å². The number of hydrogen-bond donors (Lipinski definition) is 2. The minimum atomic E-state index is -0.899. The smallest absolute Gasteiger partial charge is 0.307 e. The summed E-state index contributed by atoms with van der Waals surface area (Å²) in [5, 5.41) is 11.7. The van der Waals surface area contributed by atoms with E-state index in [0.29, 0.717) is 6.61 Å². The Morgan fingerprint density at radius 3 is 2.38 bits per heavy atom. The van der Waals surface area contributed by atoms with Gasteiger partial charge < -0.3 is 15.2 Å². The normalized spacial score (nSPS) is 28.2. The third kappa shape index (κ3) is 2.35. The summed E-state index contributed by atoms with van der Waals surface area (Å²) >= 11 is 0. The second kappa shape index (κ2) is 4.41. The van der Waals surface area contributed by atoms with Crippen LogP contribution in [0.15, 0.2) is 0 Å². The lowest BCUT2D eigenvalue weighted by Crippen LogP contribution is -2.37. The van der Waals surface area contributed by atoms with Crippen LogP contribution in [-0.2, 0) is 14.3 Å². The molecule has 0 unspecified atom stereocenters. The van der Waals surface area contributed by atoms with Gasteiger partial charge in [-0.15, -0.1) is 0 Å². The predicted molar refractivity (Wildman–Crippen MR) is 57.9 cm³/mol. The van der Waals surface area contributed by atoms with Crippen LogP contribution in [0.1, 0.15) is 20.8 Å². The van der Waals surface area contributed by atoms with Gasteiger partial charge in [-0.25, -0.2) is 0 Å². The van der Waals surface area contributed by atoms with Gasteiger partial charge in [-0.05, 0) is 12.3 Å². The molecule has 16 heavy (non-hydrogen) atoms. The van der Waals surface area contributed by atoms with Gasteiger partial charge in [0.1, 0.15) is 0 Å². The molecule has 3 atom stereocenters. The summed E-state index contributed by atoms with van der Waals surface area (Å²) in [7, 11) is 1.56. The molecule has 0 aliphatic heterocycles. The Balaban J connectivity index is 2.54. The van der Waals surface area contributed by atoms with Crippen LogP contribution in [0.25, 0.3) is 0 Å². The number of methoxy groups -OCH3 is 1. The molecular weight excluding hydrogens is 210 g/mol. The number of carboxylic acids is 1. The topological polar surface area (TPSA) is 75.6 Å². The van der Waals surface area contributed by atoms with Gasteiger partial charge >= 0.3 is 5.97 Å². The van der Waals surface area contributed by atoms with Crippen LogP contribution in [-0.4, -0.2) is 36.7 Å². The third-order valence-corrected chi connectivity index (χ3v) is 3.18. The number of aliphatic carboxylic acids is 1. The molecule has 2 N–H and O–H groups in total. The molecule has 0 radical (unpaired) electrons. The van der Waals surface area contributed by atoms with Crippen molar-refractivity contribution < 1.29 is 19.4 Å². The highest BCUT2D eigenvalue weighted by Gasteiger charge is 2.65. The van der Waals surface area contributed by atoms with Crippen molar-refractivity contribution in [2.24, 2.45) is 17.3 Å². The van der Waals surface area contributed by atoms with Crippen LogP contribution < -0.4 is 5.32 Å². The monoisotopic (exact) mass is 229 g/mol. The predicted octanol–water partition coefficient (Wildman–Crippen LogP) is 0.494. The molecule has 0 aromatic rings. The summed E-state index contributed by atoms with van der Waals surface area (Å²) in [6.45, 7) is 5.86. The first-order valence-corrected chi connectivity index (χ1v) is 5.34. The molecule has 5 nitrogen and oxygen atoms in total. The Morgan fingerprint density at radius 1 is 1.44 bits per heavy atom. The van der Waals surface area contributed by atoms with E-state index in [2.05, 4.69) is 5.32 Å². The van der Waals surface area contributed by atoms with Crippen LogP contribution in [0.4, 0.5) is 0 Å². The highest BCUT2D eigenvalue weighted by atomic mass is 16.5. The Labute approximate surface area is 95.2 Å². The maximum Gasteiger partial charge on any atom is 0.307 e. The Kier molecular flexibility index (Phi) is 3.57. The maximum absolute atomic E-state index is 11.8. The van der Waals surface area contributed by atoms with E-state index < -0.39 is 23.2 Å². The molecule has 92 valence electrons. The second-order valence-electron chi connectivity index (χ2n) is 4.98. The molecule has 0 aromatic heterocycles. The van der Waals surface area contributed by atoms with Gasteiger partial charge in [-0.1, -0.05) is 13.8 Å². The Bertz CT molecular complexity index is 300. The first-order valence-electron chi connectivity index (χ1n) is 5.34. The van der Waals surface area contributed by atoms with Gasteiger partial charge in [-0.3, -0.25) is 9.59 Å². The zero-order valence-electron chi connectivity index (χ0n) is 10.1.